The first-order valence-corrected chi connectivity index (χ1v) is 5.64. The first-order chi connectivity index (χ1) is 7.38. The Kier molecular flexibility index (Phi) is 3.89. The molecule has 0 aromatic carbocycles. The molecule has 88 valence electrons. The number of ether oxygens (including phenoxy) is 1. The summed E-state index contributed by atoms with van der Waals surface area (Å²) in [6.07, 6.45) is -0.684. The minimum atomic E-state index is -0.684. The molecule has 0 fully saturated rings. The van der Waals surface area contributed by atoms with Crippen LogP contribution in [0.1, 0.15) is 31.1 Å². The molecule has 2 amide bonds. The lowest BCUT2D eigenvalue weighted by atomic mass is 10.2. The van der Waals surface area contributed by atoms with Gasteiger partial charge in [-0.05, 0) is 32.2 Å². The van der Waals surface area contributed by atoms with Gasteiger partial charge >= 0.3 is 6.09 Å². The van der Waals surface area contributed by atoms with Crippen LogP contribution < -0.4 is 10.9 Å². The van der Waals surface area contributed by atoms with Gasteiger partial charge in [-0.15, -0.1) is 0 Å². The number of nitrogens with one attached hydrogen (secondary N) is 2. The Hall–Kier alpha value is -1.56. The molecule has 0 spiro atoms. The fourth-order valence-electron chi connectivity index (χ4n) is 0.877. The third kappa shape index (κ3) is 4.31. The van der Waals surface area contributed by atoms with Crippen molar-refractivity contribution in [2.24, 2.45) is 0 Å². The predicted octanol–water partition coefficient (Wildman–Crippen LogP) is 1.92. The lowest BCUT2D eigenvalue weighted by Gasteiger charge is -2.19. The summed E-state index contributed by atoms with van der Waals surface area (Å²) in [6, 6.07) is 1.66. The number of amides is 2. The molecule has 0 saturated heterocycles. The van der Waals surface area contributed by atoms with Gasteiger partial charge in [-0.25, -0.2) is 10.2 Å². The fourth-order valence-corrected chi connectivity index (χ4v) is 1.51. The predicted molar refractivity (Wildman–Crippen MR) is 61.2 cm³/mol. The van der Waals surface area contributed by atoms with E-state index in [0.717, 1.165) is 0 Å². The van der Waals surface area contributed by atoms with Gasteiger partial charge in [0.2, 0.25) is 0 Å². The number of hydrogen-bond donors (Lipinski definition) is 2. The molecule has 1 rings (SSSR count). The highest BCUT2D eigenvalue weighted by atomic mass is 32.1. The smallest absolute Gasteiger partial charge is 0.426 e. The Labute approximate surface area is 97.8 Å². The maximum atomic E-state index is 11.4. The van der Waals surface area contributed by atoms with Crippen molar-refractivity contribution in [1.82, 2.24) is 10.9 Å². The molecule has 5 nitrogen and oxygen atoms in total. The van der Waals surface area contributed by atoms with Gasteiger partial charge < -0.3 is 4.74 Å². The van der Waals surface area contributed by atoms with Crippen LogP contribution in [-0.2, 0) is 4.74 Å². The topological polar surface area (TPSA) is 67.4 Å². The first-order valence-electron chi connectivity index (χ1n) is 4.70. The zero-order chi connectivity index (χ0) is 12.2. The second kappa shape index (κ2) is 4.98. The molecule has 0 saturated carbocycles. The molecular formula is C10H14N2O3S. The summed E-state index contributed by atoms with van der Waals surface area (Å²) in [6.45, 7) is 5.23. The van der Waals surface area contributed by atoms with E-state index in [0.29, 0.717) is 5.56 Å². The Balaban J connectivity index is 2.35. The molecule has 6 heteroatoms. The van der Waals surface area contributed by atoms with Crippen LogP contribution in [0.3, 0.4) is 0 Å². The number of carbonyl (C=O) groups is 2. The molecule has 1 heterocycles. The fraction of sp³-hybridized carbons (Fsp3) is 0.400. The Bertz CT molecular complexity index is 368. The average Bonchev–Trinajstić information content (AvgIpc) is 2.64. The minimum Gasteiger partial charge on any atom is -0.443 e. The summed E-state index contributed by atoms with van der Waals surface area (Å²) in [4.78, 5) is 22.6. The van der Waals surface area contributed by atoms with Crippen molar-refractivity contribution in [3.05, 3.63) is 22.4 Å². The molecule has 1 aromatic heterocycles. The summed E-state index contributed by atoms with van der Waals surface area (Å²) in [7, 11) is 0. The van der Waals surface area contributed by atoms with E-state index in [1.165, 1.54) is 11.3 Å². The van der Waals surface area contributed by atoms with Crippen LogP contribution in [0.15, 0.2) is 16.8 Å². The van der Waals surface area contributed by atoms with Crippen LogP contribution in [0, 0.1) is 0 Å². The van der Waals surface area contributed by atoms with E-state index in [-0.39, 0.29) is 5.91 Å². The third-order valence-electron chi connectivity index (χ3n) is 1.46. The number of carbonyl (C=O) groups excluding carboxylic acids is 2. The maximum Gasteiger partial charge on any atom is 0.426 e. The second-order valence-corrected chi connectivity index (χ2v) is 4.87. The zero-order valence-electron chi connectivity index (χ0n) is 9.37. The van der Waals surface area contributed by atoms with Gasteiger partial charge in [-0.1, -0.05) is 0 Å². The van der Waals surface area contributed by atoms with Gasteiger partial charge in [0.1, 0.15) is 5.60 Å². The van der Waals surface area contributed by atoms with Crippen molar-refractivity contribution in [2.75, 3.05) is 0 Å². The lowest BCUT2D eigenvalue weighted by Crippen LogP contribution is -2.44. The summed E-state index contributed by atoms with van der Waals surface area (Å²) < 4.78 is 4.94. The van der Waals surface area contributed by atoms with Crippen molar-refractivity contribution in [2.45, 2.75) is 26.4 Å². The van der Waals surface area contributed by atoms with Gasteiger partial charge in [0.25, 0.3) is 5.91 Å². The van der Waals surface area contributed by atoms with Crippen LogP contribution in [0.2, 0.25) is 0 Å². The molecule has 0 unspecified atom stereocenters. The van der Waals surface area contributed by atoms with Gasteiger partial charge in [-0.3, -0.25) is 10.2 Å². The van der Waals surface area contributed by atoms with E-state index in [1.54, 1.807) is 37.6 Å². The molecule has 0 atom stereocenters. The van der Waals surface area contributed by atoms with Gasteiger partial charge in [0, 0.05) is 5.38 Å². The first kappa shape index (κ1) is 12.5. The molecule has 16 heavy (non-hydrogen) atoms. The van der Waals surface area contributed by atoms with Crippen molar-refractivity contribution < 1.29 is 14.3 Å². The monoisotopic (exact) mass is 242 g/mol. The largest absolute Gasteiger partial charge is 0.443 e. The number of hydrogen-bond acceptors (Lipinski definition) is 4. The van der Waals surface area contributed by atoms with Crippen LogP contribution in [0.25, 0.3) is 0 Å². The number of hydrazine groups is 1. The molecule has 0 aliphatic heterocycles. The quantitative estimate of drug-likeness (QED) is 0.739. The summed E-state index contributed by atoms with van der Waals surface area (Å²) in [5.74, 6) is -0.368. The summed E-state index contributed by atoms with van der Waals surface area (Å²) >= 11 is 1.41. The zero-order valence-corrected chi connectivity index (χ0v) is 10.2. The Morgan fingerprint density at radius 1 is 1.31 bits per heavy atom. The Morgan fingerprint density at radius 3 is 2.50 bits per heavy atom. The lowest BCUT2D eigenvalue weighted by molar-refractivity contribution is 0.0483. The molecule has 0 radical (unpaired) electrons. The minimum absolute atomic E-state index is 0.368. The number of thiophene rings is 1. The maximum absolute atomic E-state index is 11.4. The van der Waals surface area contributed by atoms with Crippen molar-refractivity contribution in [3.8, 4) is 0 Å². The molecule has 0 bridgehead atoms. The number of rotatable bonds is 1. The van der Waals surface area contributed by atoms with Gasteiger partial charge in [0.15, 0.2) is 0 Å². The SMILES string of the molecule is CC(C)(C)OC(=O)NNC(=O)c1ccsc1. The van der Waals surface area contributed by atoms with Gasteiger partial charge in [0.05, 0.1) is 5.56 Å². The normalized spacial score (nSPS) is 10.7. The molecular weight excluding hydrogens is 228 g/mol. The third-order valence-corrected chi connectivity index (χ3v) is 2.14. The van der Waals surface area contributed by atoms with E-state index in [4.69, 9.17) is 4.74 Å². The van der Waals surface area contributed by atoms with Crippen LogP contribution in [-0.4, -0.2) is 17.6 Å². The van der Waals surface area contributed by atoms with Gasteiger partial charge in [-0.2, -0.15) is 11.3 Å². The van der Waals surface area contributed by atoms with Crippen LogP contribution >= 0.6 is 11.3 Å². The van der Waals surface area contributed by atoms with Crippen molar-refractivity contribution >= 4 is 23.3 Å². The molecule has 2 N–H and O–H groups in total. The van der Waals surface area contributed by atoms with E-state index >= 15 is 0 Å². The standard InChI is InChI=1S/C10H14N2O3S/c1-10(2,3)15-9(14)12-11-8(13)7-4-5-16-6-7/h4-6H,1-3H3,(H,11,13)(H,12,14). The highest BCUT2D eigenvalue weighted by Gasteiger charge is 2.16. The summed E-state index contributed by atoms with van der Waals surface area (Å²) in [5.41, 5.74) is 4.34. The van der Waals surface area contributed by atoms with E-state index < -0.39 is 11.7 Å². The highest BCUT2D eigenvalue weighted by Crippen LogP contribution is 2.06. The molecule has 0 aliphatic carbocycles. The van der Waals surface area contributed by atoms with E-state index in [2.05, 4.69) is 10.9 Å². The summed E-state index contributed by atoms with van der Waals surface area (Å²) in [5, 5.41) is 3.47. The highest BCUT2D eigenvalue weighted by molar-refractivity contribution is 7.08. The second-order valence-electron chi connectivity index (χ2n) is 4.09. The van der Waals surface area contributed by atoms with Crippen LogP contribution in [0.5, 0.6) is 0 Å². The van der Waals surface area contributed by atoms with Crippen molar-refractivity contribution in [1.29, 1.82) is 0 Å². The van der Waals surface area contributed by atoms with E-state index in [9.17, 15) is 9.59 Å². The molecule has 1 aromatic rings. The van der Waals surface area contributed by atoms with Crippen LogP contribution in [0.4, 0.5) is 4.79 Å². The average molecular weight is 242 g/mol. The molecule has 0 aliphatic rings. The van der Waals surface area contributed by atoms with Crippen molar-refractivity contribution in [3.63, 3.8) is 0 Å². The Morgan fingerprint density at radius 2 is 2.00 bits per heavy atom. The van der Waals surface area contributed by atoms with E-state index in [1.807, 2.05) is 0 Å².